The van der Waals surface area contributed by atoms with E-state index in [1.807, 2.05) is 0 Å². The third-order valence-corrected chi connectivity index (χ3v) is 13.1. The normalized spacial score (nSPS) is 45.4. The number of hydrogen-bond acceptors (Lipinski definition) is 3. The van der Waals surface area contributed by atoms with Crippen LogP contribution in [0.2, 0.25) is 58.9 Å². The van der Waals surface area contributed by atoms with Gasteiger partial charge in [0.05, 0.1) is 6.10 Å². The summed E-state index contributed by atoms with van der Waals surface area (Å²) in [6.45, 7) is 26.7. The van der Waals surface area contributed by atoms with Crippen molar-refractivity contribution in [1.29, 1.82) is 0 Å². The quantitative estimate of drug-likeness (QED) is 0.327. The van der Waals surface area contributed by atoms with Gasteiger partial charge in [-0.3, -0.25) is 0 Å². The van der Waals surface area contributed by atoms with E-state index in [2.05, 4.69) is 72.8 Å². The maximum Gasteiger partial charge on any atom is 0.184 e. The van der Waals surface area contributed by atoms with E-state index in [0.717, 1.165) is 23.7 Å². The summed E-state index contributed by atoms with van der Waals surface area (Å²) in [4.78, 5) is 0. The van der Waals surface area contributed by atoms with E-state index in [-0.39, 0.29) is 0 Å². The van der Waals surface area contributed by atoms with Crippen LogP contribution < -0.4 is 0 Å². The maximum atomic E-state index is 7.14. The molecule has 4 aliphatic carbocycles. The summed E-state index contributed by atoms with van der Waals surface area (Å²) in [7, 11) is -4.68. The lowest BCUT2D eigenvalue weighted by molar-refractivity contribution is -0.170. The Bertz CT molecular complexity index is 739. The zero-order valence-electron chi connectivity index (χ0n) is 24.4. The van der Waals surface area contributed by atoms with Gasteiger partial charge in [-0.2, -0.15) is 0 Å². The molecular formula is C28H56O3Si3. The van der Waals surface area contributed by atoms with Crippen molar-refractivity contribution in [3.05, 3.63) is 0 Å². The average Bonchev–Trinajstić information content (AvgIpc) is 2.95. The summed E-state index contributed by atoms with van der Waals surface area (Å²) in [5.41, 5.74) is 0.798. The lowest BCUT2D eigenvalue weighted by atomic mass is 9.44. The predicted octanol–water partition coefficient (Wildman–Crippen LogP) is 8.30. The second-order valence-corrected chi connectivity index (χ2v) is 29.3. The van der Waals surface area contributed by atoms with E-state index in [4.69, 9.17) is 13.3 Å². The number of hydrogen-bond donors (Lipinski definition) is 0. The summed E-state index contributed by atoms with van der Waals surface area (Å²) >= 11 is 0. The van der Waals surface area contributed by atoms with Crippen LogP contribution >= 0.6 is 0 Å². The molecule has 0 heterocycles. The zero-order chi connectivity index (χ0) is 25.3. The number of fused-ring (bicyclic) bond motifs is 5. The lowest BCUT2D eigenvalue weighted by Crippen LogP contribution is -2.61. The van der Waals surface area contributed by atoms with Crippen molar-refractivity contribution in [2.45, 2.75) is 142 Å². The third kappa shape index (κ3) is 5.52. The van der Waals surface area contributed by atoms with Crippen LogP contribution in [0.15, 0.2) is 0 Å². The van der Waals surface area contributed by atoms with Gasteiger partial charge in [-0.1, -0.05) is 13.8 Å². The summed E-state index contributed by atoms with van der Waals surface area (Å²) in [5, 5.41) is 0. The molecule has 9 atom stereocenters. The lowest BCUT2D eigenvalue weighted by Gasteiger charge is -2.63. The molecule has 3 nitrogen and oxygen atoms in total. The van der Waals surface area contributed by atoms with E-state index >= 15 is 0 Å². The van der Waals surface area contributed by atoms with E-state index in [1.54, 1.807) is 0 Å². The smallest absolute Gasteiger partial charge is 0.184 e. The summed E-state index contributed by atoms with van der Waals surface area (Å²) in [6.07, 6.45) is 11.9. The Balaban J connectivity index is 1.63. The predicted molar refractivity (Wildman–Crippen MR) is 152 cm³/mol. The highest BCUT2D eigenvalue weighted by Gasteiger charge is 2.63. The van der Waals surface area contributed by atoms with E-state index in [1.165, 1.54) is 51.4 Å². The highest BCUT2D eigenvalue weighted by molar-refractivity contribution is 6.70. The van der Waals surface area contributed by atoms with Crippen LogP contribution in [0.3, 0.4) is 0 Å². The topological polar surface area (TPSA) is 27.7 Å². The summed E-state index contributed by atoms with van der Waals surface area (Å²) in [6, 6.07) is 0. The monoisotopic (exact) mass is 524 g/mol. The Labute approximate surface area is 214 Å². The van der Waals surface area contributed by atoms with Gasteiger partial charge in [-0.05, 0) is 145 Å². The van der Waals surface area contributed by atoms with Crippen LogP contribution in [-0.4, -0.2) is 43.3 Å². The van der Waals surface area contributed by atoms with Crippen molar-refractivity contribution in [3.63, 3.8) is 0 Å². The Hall–Kier alpha value is 0.531. The minimum Gasteiger partial charge on any atom is -0.415 e. The molecule has 0 aromatic rings. The van der Waals surface area contributed by atoms with Gasteiger partial charge in [-0.25, -0.2) is 0 Å². The maximum absolute atomic E-state index is 7.14. The Morgan fingerprint density at radius 2 is 1.15 bits per heavy atom. The molecule has 34 heavy (non-hydrogen) atoms. The molecule has 4 aliphatic rings. The molecule has 0 aromatic heterocycles. The van der Waals surface area contributed by atoms with Gasteiger partial charge in [0.15, 0.2) is 25.0 Å². The first-order chi connectivity index (χ1) is 15.4. The van der Waals surface area contributed by atoms with Crippen molar-refractivity contribution >= 4 is 25.0 Å². The molecule has 0 saturated heterocycles. The summed E-state index contributed by atoms with van der Waals surface area (Å²) < 4.78 is 20.7. The van der Waals surface area contributed by atoms with Gasteiger partial charge in [-0.15, -0.1) is 0 Å². The fraction of sp³-hybridized carbons (Fsp3) is 1.00. The Kier molecular flexibility index (Phi) is 7.36. The van der Waals surface area contributed by atoms with E-state index in [9.17, 15) is 0 Å². The molecule has 0 bridgehead atoms. The average molecular weight is 525 g/mol. The molecule has 4 fully saturated rings. The van der Waals surface area contributed by atoms with Crippen LogP contribution in [0, 0.1) is 34.5 Å². The second kappa shape index (κ2) is 9.07. The largest absolute Gasteiger partial charge is 0.415 e. The minimum atomic E-state index is -1.63. The molecule has 198 valence electrons. The fourth-order valence-electron chi connectivity index (χ4n) is 8.91. The SMILES string of the molecule is C[C@]12CC[C@@H](O[Si](C)(C)C)C[C@@H]1C[C@@H](O[Si](C)(C)C)[C@@H]1[C@@H]2CC[C@]2(C)[C@@H](O[Si](C)(C)C)CC[C@@H]12. The summed E-state index contributed by atoms with van der Waals surface area (Å²) in [5.74, 6) is 3.05. The molecule has 0 radical (unpaired) electrons. The molecule has 4 rings (SSSR count). The zero-order valence-corrected chi connectivity index (χ0v) is 27.4. The molecular weight excluding hydrogens is 469 g/mol. The van der Waals surface area contributed by atoms with Crippen LogP contribution in [-0.2, 0) is 13.3 Å². The van der Waals surface area contributed by atoms with Crippen LogP contribution in [0.25, 0.3) is 0 Å². The molecule has 4 saturated carbocycles. The van der Waals surface area contributed by atoms with Crippen LogP contribution in [0.5, 0.6) is 0 Å². The minimum absolute atomic E-state index is 0.337. The Morgan fingerprint density at radius 1 is 0.588 bits per heavy atom. The molecule has 0 aliphatic heterocycles. The molecule has 6 heteroatoms. The van der Waals surface area contributed by atoms with E-state index in [0.29, 0.717) is 29.1 Å². The van der Waals surface area contributed by atoms with Gasteiger partial charge < -0.3 is 13.3 Å². The molecule has 0 aromatic carbocycles. The van der Waals surface area contributed by atoms with Gasteiger partial charge in [0.1, 0.15) is 0 Å². The molecule has 0 N–H and O–H groups in total. The first kappa shape index (κ1) is 27.6. The molecule has 0 spiro atoms. The van der Waals surface area contributed by atoms with Gasteiger partial charge in [0.2, 0.25) is 0 Å². The first-order valence-electron chi connectivity index (χ1n) is 14.4. The standard InChI is InChI=1S/C28H56O3Si3/c1-27-16-14-21(29-32(3,4)5)18-20(27)19-24(30-33(6,7)8)26-22-12-13-25(31-34(9,10)11)28(22,2)17-15-23(26)27/h20-26H,12-19H2,1-11H3/t20-,21-,22+,23+,24-,25+,26+,27+,28+/m1/s1. The third-order valence-electron chi connectivity index (χ3n) is 10.0. The fourth-order valence-corrected chi connectivity index (χ4v) is 12.5. The second-order valence-electron chi connectivity index (χ2n) is 16.0. The van der Waals surface area contributed by atoms with Gasteiger partial charge >= 0.3 is 0 Å². The highest BCUT2D eigenvalue weighted by atomic mass is 28.4. The number of rotatable bonds is 6. The van der Waals surface area contributed by atoms with Crippen molar-refractivity contribution in [2.24, 2.45) is 34.5 Å². The van der Waals surface area contributed by atoms with Crippen molar-refractivity contribution in [1.82, 2.24) is 0 Å². The Morgan fingerprint density at radius 3 is 1.74 bits per heavy atom. The van der Waals surface area contributed by atoms with E-state index < -0.39 is 25.0 Å². The van der Waals surface area contributed by atoms with Gasteiger partial charge in [0.25, 0.3) is 0 Å². The highest BCUT2D eigenvalue weighted by Crippen LogP contribution is 2.67. The molecule has 0 unspecified atom stereocenters. The van der Waals surface area contributed by atoms with Crippen molar-refractivity contribution in [2.75, 3.05) is 0 Å². The van der Waals surface area contributed by atoms with Crippen LogP contribution in [0.4, 0.5) is 0 Å². The molecule has 0 amide bonds. The van der Waals surface area contributed by atoms with Crippen LogP contribution in [0.1, 0.15) is 65.2 Å². The van der Waals surface area contributed by atoms with Crippen molar-refractivity contribution < 1.29 is 13.3 Å². The van der Waals surface area contributed by atoms with Gasteiger partial charge in [0, 0.05) is 12.2 Å². The van der Waals surface area contributed by atoms with Crippen molar-refractivity contribution in [3.8, 4) is 0 Å². The first-order valence-corrected chi connectivity index (χ1v) is 24.7.